The van der Waals surface area contributed by atoms with Crippen LogP contribution in [0, 0.1) is 6.92 Å². The third-order valence-corrected chi connectivity index (χ3v) is 4.35. The zero-order chi connectivity index (χ0) is 16.1. The van der Waals surface area contributed by atoms with Crippen LogP contribution in [0.5, 0.6) is 0 Å². The Labute approximate surface area is 138 Å². The van der Waals surface area contributed by atoms with Gasteiger partial charge in [0.05, 0.1) is 0 Å². The molecule has 1 aliphatic rings. The van der Waals surface area contributed by atoms with Crippen molar-refractivity contribution in [3.63, 3.8) is 0 Å². The molecule has 2 heterocycles. The third kappa shape index (κ3) is 4.20. The van der Waals surface area contributed by atoms with Crippen LogP contribution in [0.25, 0.3) is 0 Å². The Morgan fingerprint density at radius 1 is 1.09 bits per heavy atom. The molecule has 2 aromatic rings. The summed E-state index contributed by atoms with van der Waals surface area (Å²) in [6.07, 6.45) is 1.65. The predicted octanol–water partition coefficient (Wildman–Crippen LogP) is 2.54. The van der Waals surface area contributed by atoms with E-state index in [4.69, 9.17) is 0 Å². The fourth-order valence-electron chi connectivity index (χ4n) is 2.92. The number of anilines is 2. The molecule has 1 aromatic heterocycles. The zero-order valence-electron chi connectivity index (χ0n) is 14.0. The minimum Gasteiger partial charge on any atom is -0.366 e. The fraction of sp³-hybridized carbons (Fsp3) is 0.444. The molecular weight excluding hydrogens is 286 g/mol. The highest BCUT2D eigenvalue weighted by Crippen LogP contribution is 2.17. The van der Waals surface area contributed by atoms with Crippen molar-refractivity contribution in [3.05, 3.63) is 47.8 Å². The van der Waals surface area contributed by atoms with E-state index in [1.54, 1.807) is 6.33 Å². The number of hydrogen-bond donors (Lipinski definition) is 1. The molecule has 0 unspecified atom stereocenters. The summed E-state index contributed by atoms with van der Waals surface area (Å²) >= 11 is 0. The van der Waals surface area contributed by atoms with Crippen LogP contribution in [0.4, 0.5) is 11.6 Å². The summed E-state index contributed by atoms with van der Waals surface area (Å²) in [7, 11) is 0. The van der Waals surface area contributed by atoms with Crippen molar-refractivity contribution in [3.8, 4) is 0 Å². The SMILES string of the molecule is CCN1CCN(c2cc(NCc3cccc(C)c3)ncn2)CC1. The average Bonchev–Trinajstić information content (AvgIpc) is 2.60. The quantitative estimate of drug-likeness (QED) is 0.919. The number of aryl methyl sites for hydroxylation is 1. The van der Waals surface area contributed by atoms with Gasteiger partial charge in [0.2, 0.25) is 0 Å². The first-order valence-electron chi connectivity index (χ1n) is 8.33. The zero-order valence-corrected chi connectivity index (χ0v) is 14.0. The van der Waals surface area contributed by atoms with Gasteiger partial charge in [-0.3, -0.25) is 0 Å². The van der Waals surface area contributed by atoms with E-state index >= 15 is 0 Å². The highest BCUT2D eigenvalue weighted by Gasteiger charge is 2.17. The maximum Gasteiger partial charge on any atom is 0.134 e. The standard InChI is InChI=1S/C18H25N5/c1-3-22-7-9-23(10-8-22)18-12-17(20-14-21-18)19-13-16-6-4-5-15(2)11-16/h4-6,11-12,14H,3,7-10,13H2,1-2H3,(H,19,20,21). The number of nitrogens with one attached hydrogen (secondary N) is 1. The topological polar surface area (TPSA) is 44.3 Å². The molecular formula is C18H25N5. The van der Waals surface area contributed by atoms with E-state index in [9.17, 15) is 0 Å². The summed E-state index contributed by atoms with van der Waals surface area (Å²) < 4.78 is 0. The maximum absolute atomic E-state index is 4.44. The van der Waals surface area contributed by atoms with Crippen molar-refractivity contribution in [2.75, 3.05) is 42.9 Å². The van der Waals surface area contributed by atoms with E-state index in [1.165, 1.54) is 11.1 Å². The van der Waals surface area contributed by atoms with Gasteiger partial charge >= 0.3 is 0 Å². The smallest absolute Gasteiger partial charge is 0.134 e. The molecule has 0 spiro atoms. The van der Waals surface area contributed by atoms with E-state index < -0.39 is 0 Å². The third-order valence-electron chi connectivity index (χ3n) is 4.35. The molecule has 1 N–H and O–H groups in total. The number of aromatic nitrogens is 2. The van der Waals surface area contributed by atoms with Gasteiger partial charge in [0.15, 0.2) is 0 Å². The van der Waals surface area contributed by atoms with E-state index in [0.29, 0.717) is 0 Å². The summed E-state index contributed by atoms with van der Waals surface area (Å²) in [5, 5.41) is 3.40. The summed E-state index contributed by atoms with van der Waals surface area (Å²) in [6, 6.07) is 10.6. The molecule has 1 saturated heterocycles. The second-order valence-electron chi connectivity index (χ2n) is 6.03. The van der Waals surface area contributed by atoms with Gasteiger partial charge in [-0.05, 0) is 19.0 Å². The molecule has 0 atom stereocenters. The number of likely N-dealkylation sites (N-methyl/N-ethyl adjacent to an activating group) is 1. The first-order chi connectivity index (χ1) is 11.2. The number of hydrogen-bond acceptors (Lipinski definition) is 5. The molecule has 122 valence electrons. The minimum absolute atomic E-state index is 0.780. The minimum atomic E-state index is 0.780. The Morgan fingerprint density at radius 2 is 1.91 bits per heavy atom. The van der Waals surface area contributed by atoms with Crippen LogP contribution >= 0.6 is 0 Å². The Balaban J connectivity index is 1.61. The molecule has 5 nitrogen and oxygen atoms in total. The molecule has 0 radical (unpaired) electrons. The summed E-state index contributed by atoms with van der Waals surface area (Å²) in [5.74, 6) is 1.90. The first-order valence-corrected chi connectivity index (χ1v) is 8.33. The Hall–Kier alpha value is -2.14. The fourth-order valence-corrected chi connectivity index (χ4v) is 2.92. The van der Waals surface area contributed by atoms with Gasteiger partial charge in [-0.15, -0.1) is 0 Å². The highest BCUT2D eigenvalue weighted by atomic mass is 15.3. The highest BCUT2D eigenvalue weighted by molar-refractivity contribution is 5.49. The Kier molecular flexibility index (Phi) is 5.08. The Bertz CT molecular complexity index is 635. The van der Waals surface area contributed by atoms with Crippen molar-refractivity contribution in [1.82, 2.24) is 14.9 Å². The lowest BCUT2D eigenvalue weighted by molar-refractivity contribution is 0.270. The average molecular weight is 311 g/mol. The summed E-state index contributed by atoms with van der Waals surface area (Å²) in [4.78, 5) is 13.6. The van der Waals surface area contributed by atoms with E-state index in [1.807, 2.05) is 0 Å². The molecule has 3 rings (SSSR count). The van der Waals surface area contributed by atoms with Crippen molar-refractivity contribution in [1.29, 1.82) is 0 Å². The van der Waals surface area contributed by atoms with Gasteiger partial charge < -0.3 is 15.1 Å². The number of nitrogens with zero attached hydrogens (tertiary/aromatic N) is 4. The van der Waals surface area contributed by atoms with Gasteiger partial charge in [0, 0.05) is 38.8 Å². The molecule has 0 bridgehead atoms. The van der Waals surface area contributed by atoms with E-state index in [-0.39, 0.29) is 0 Å². The van der Waals surface area contributed by atoms with Gasteiger partial charge in [-0.25, -0.2) is 9.97 Å². The number of piperazine rings is 1. The molecule has 1 fully saturated rings. The number of rotatable bonds is 5. The molecule has 5 heteroatoms. The molecule has 1 aromatic carbocycles. The van der Waals surface area contributed by atoms with Crippen molar-refractivity contribution in [2.24, 2.45) is 0 Å². The molecule has 0 amide bonds. The normalized spacial score (nSPS) is 15.7. The second kappa shape index (κ2) is 7.42. The van der Waals surface area contributed by atoms with Crippen LogP contribution in [0.2, 0.25) is 0 Å². The van der Waals surface area contributed by atoms with Crippen LogP contribution in [-0.4, -0.2) is 47.6 Å². The van der Waals surface area contributed by atoms with Crippen LogP contribution in [0.1, 0.15) is 18.1 Å². The lowest BCUT2D eigenvalue weighted by Gasteiger charge is -2.34. The van der Waals surface area contributed by atoms with Crippen molar-refractivity contribution >= 4 is 11.6 Å². The largest absolute Gasteiger partial charge is 0.366 e. The van der Waals surface area contributed by atoms with Crippen molar-refractivity contribution < 1.29 is 0 Å². The monoisotopic (exact) mass is 311 g/mol. The molecule has 1 aliphatic heterocycles. The first kappa shape index (κ1) is 15.7. The maximum atomic E-state index is 4.44. The summed E-state index contributed by atoms with van der Waals surface area (Å²) in [6.45, 7) is 10.5. The van der Waals surface area contributed by atoms with Gasteiger partial charge in [-0.2, -0.15) is 0 Å². The van der Waals surface area contributed by atoms with E-state index in [0.717, 1.165) is 50.9 Å². The van der Waals surface area contributed by atoms with Gasteiger partial charge in [0.25, 0.3) is 0 Å². The Morgan fingerprint density at radius 3 is 2.65 bits per heavy atom. The summed E-state index contributed by atoms with van der Waals surface area (Å²) in [5.41, 5.74) is 2.54. The van der Waals surface area contributed by atoms with E-state index in [2.05, 4.69) is 69.3 Å². The number of benzene rings is 1. The second-order valence-corrected chi connectivity index (χ2v) is 6.03. The van der Waals surface area contributed by atoms with Crippen molar-refractivity contribution in [2.45, 2.75) is 20.4 Å². The predicted molar refractivity (Wildman–Crippen MR) is 94.9 cm³/mol. The molecule has 0 saturated carbocycles. The van der Waals surface area contributed by atoms with Crippen LogP contribution in [-0.2, 0) is 6.54 Å². The molecule has 23 heavy (non-hydrogen) atoms. The van der Waals surface area contributed by atoms with Crippen LogP contribution in [0.3, 0.4) is 0 Å². The van der Waals surface area contributed by atoms with Gasteiger partial charge in [0.1, 0.15) is 18.0 Å². The lowest BCUT2D eigenvalue weighted by Crippen LogP contribution is -2.46. The van der Waals surface area contributed by atoms with Gasteiger partial charge in [-0.1, -0.05) is 36.8 Å². The van der Waals surface area contributed by atoms with Crippen LogP contribution in [0.15, 0.2) is 36.7 Å². The van der Waals surface area contributed by atoms with Crippen LogP contribution < -0.4 is 10.2 Å². The lowest BCUT2D eigenvalue weighted by atomic mass is 10.1. The molecule has 0 aliphatic carbocycles.